The number of ether oxygens (including phenoxy) is 1. The van der Waals surface area contributed by atoms with Gasteiger partial charge in [0.15, 0.2) is 5.82 Å². The molecule has 1 aromatic carbocycles. The first-order chi connectivity index (χ1) is 17.6. The lowest BCUT2D eigenvalue weighted by Gasteiger charge is -2.23. The number of likely N-dealkylation sites (tertiary alicyclic amines) is 1. The largest absolute Gasteiger partial charge is 0.573 e. The third kappa shape index (κ3) is 5.10. The van der Waals surface area contributed by atoms with Gasteiger partial charge in [-0.05, 0) is 80.3 Å². The first-order valence-electron chi connectivity index (χ1n) is 12.3. The predicted octanol–water partition coefficient (Wildman–Crippen LogP) is 5.06. The van der Waals surface area contributed by atoms with Crippen LogP contribution in [0.5, 0.6) is 5.75 Å². The van der Waals surface area contributed by atoms with Gasteiger partial charge in [0.1, 0.15) is 11.6 Å². The van der Waals surface area contributed by atoms with Gasteiger partial charge in [0, 0.05) is 30.5 Å². The highest BCUT2D eigenvalue weighted by molar-refractivity contribution is 5.84. The number of anilines is 1. The summed E-state index contributed by atoms with van der Waals surface area (Å²) in [6.45, 7) is 4.35. The number of hydrogen-bond acceptors (Lipinski definition) is 6. The van der Waals surface area contributed by atoms with Crippen molar-refractivity contribution >= 4 is 11.7 Å². The molecule has 1 aliphatic heterocycles. The maximum Gasteiger partial charge on any atom is 0.573 e. The second kappa shape index (κ2) is 9.32. The van der Waals surface area contributed by atoms with E-state index in [-0.39, 0.29) is 23.1 Å². The summed E-state index contributed by atoms with van der Waals surface area (Å²) in [5.41, 5.74) is 9.56. The van der Waals surface area contributed by atoms with Gasteiger partial charge in [0.2, 0.25) is 5.91 Å². The maximum absolute atomic E-state index is 13.3. The molecule has 3 heterocycles. The maximum atomic E-state index is 13.3. The van der Waals surface area contributed by atoms with E-state index >= 15 is 0 Å². The van der Waals surface area contributed by atoms with Crippen molar-refractivity contribution in [2.45, 2.75) is 57.9 Å². The SMILES string of the molecule is Cc1nc(N)c(CC[C@]23CCN(C(=O)[C@H](C)c4ccc(OC(F)(F)F)cc4)C2C3)cc1-c1ncccn1. The average molecular weight is 512 g/mol. The predicted molar refractivity (Wildman–Crippen MR) is 131 cm³/mol. The lowest BCUT2D eigenvalue weighted by molar-refractivity contribution is -0.274. The first-order valence-corrected chi connectivity index (χ1v) is 12.3. The van der Waals surface area contributed by atoms with Gasteiger partial charge in [-0.3, -0.25) is 4.79 Å². The van der Waals surface area contributed by atoms with E-state index in [0.717, 1.165) is 42.5 Å². The van der Waals surface area contributed by atoms with Crippen molar-refractivity contribution in [3.05, 3.63) is 65.6 Å². The number of nitrogen functional groups attached to an aromatic ring is 1. The highest BCUT2D eigenvalue weighted by atomic mass is 19.4. The molecule has 0 spiro atoms. The molecule has 3 atom stereocenters. The minimum atomic E-state index is -4.75. The van der Waals surface area contributed by atoms with Crippen LogP contribution in [-0.2, 0) is 11.2 Å². The summed E-state index contributed by atoms with van der Waals surface area (Å²) in [6, 6.07) is 9.48. The Morgan fingerprint density at radius 2 is 1.95 bits per heavy atom. The lowest BCUT2D eigenvalue weighted by Crippen LogP contribution is -2.34. The Bertz CT molecular complexity index is 1300. The topological polar surface area (TPSA) is 94.2 Å². The first kappa shape index (κ1) is 25.0. The van der Waals surface area contributed by atoms with E-state index in [1.54, 1.807) is 25.4 Å². The zero-order chi connectivity index (χ0) is 26.4. The number of aryl methyl sites for hydroxylation is 2. The smallest absolute Gasteiger partial charge is 0.406 e. The molecule has 0 radical (unpaired) electrons. The molecule has 37 heavy (non-hydrogen) atoms. The van der Waals surface area contributed by atoms with Gasteiger partial charge in [-0.1, -0.05) is 12.1 Å². The quantitative estimate of drug-likeness (QED) is 0.477. The van der Waals surface area contributed by atoms with Crippen LogP contribution in [0, 0.1) is 12.3 Å². The molecule has 5 rings (SSSR count). The zero-order valence-electron chi connectivity index (χ0n) is 20.6. The Kier molecular flexibility index (Phi) is 6.29. The molecule has 10 heteroatoms. The number of fused-ring (bicyclic) bond motifs is 1. The molecular weight excluding hydrogens is 483 g/mol. The molecule has 2 fully saturated rings. The summed E-state index contributed by atoms with van der Waals surface area (Å²) in [5, 5.41) is 0. The number of alkyl halides is 3. The van der Waals surface area contributed by atoms with Crippen molar-refractivity contribution in [3.63, 3.8) is 0 Å². The molecule has 1 saturated heterocycles. The van der Waals surface area contributed by atoms with Crippen molar-refractivity contribution in [1.82, 2.24) is 19.9 Å². The van der Waals surface area contributed by atoms with Gasteiger partial charge in [-0.2, -0.15) is 0 Å². The number of hydrogen-bond donors (Lipinski definition) is 1. The van der Waals surface area contributed by atoms with Crippen molar-refractivity contribution < 1.29 is 22.7 Å². The summed E-state index contributed by atoms with van der Waals surface area (Å²) < 4.78 is 41.2. The molecule has 0 bridgehead atoms. The van der Waals surface area contributed by atoms with Crippen molar-refractivity contribution in [2.24, 2.45) is 5.41 Å². The standard InChI is InChI=1S/C27H28F3N5O2/c1-16(18-4-6-20(7-5-18)37-27(28,29)30)25(36)35-13-10-26(15-22(26)35)9-8-19-14-21(17(2)34-23(19)31)24-32-11-3-12-33-24/h3-7,11-12,14,16,22H,8-10,13,15H2,1-2H3,(H2,31,34)/t16-,22?,26-/m1/s1. The van der Waals surface area contributed by atoms with Gasteiger partial charge in [0.25, 0.3) is 0 Å². The third-order valence-electron chi connectivity index (χ3n) is 7.67. The van der Waals surface area contributed by atoms with Crippen LogP contribution in [0.25, 0.3) is 11.4 Å². The number of carbonyl (C=O) groups excluding carboxylic acids is 1. The number of nitrogens with two attached hydrogens (primary N) is 1. The lowest BCUT2D eigenvalue weighted by atomic mass is 9.94. The summed E-state index contributed by atoms with van der Waals surface area (Å²) in [4.78, 5) is 28.4. The van der Waals surface area contributed by atoms with Gasteiger partial charge in [-0.25, -0.2) is 15.0 Å². The van der Waals surface area contributed by atoms with Crippen LogP contribution in [0.3, 0.4) is 0 Å². The van der Waals surface area contributed by atoms with Gasteiger partial charge >= 0.3 is 6.36 Å². The van der Waals surface area contributed by atoms with Crippen molar-refractivity contribution in [3.8, 4) is 17.1 Å². The number of halogens is 3. The van der Waals surface area contributed by atoms with E-state index in [1.165, 1.54) is 24.3 Å². The highest BCUT2D eigenvalue weighted by Gasteiger charge is 2.61. The molecule has 3 aromatic rings. The van der Waals surface area contributed by atoms with E-state index in [4.69, 9.17) is 5.73 Å². The minimum Gasteiger partial charge on any atom is -0.406 e. The minimum absolute atomic E-state index is 0.00565. The third-order valence-corrected chi connectivity index (χ3v) is 7.67. The summed E-state index contributed by atoms with van der Waals surface area (Å²) in [6.07, 6.45) is 2.14. The normalized spacial score (nSPS) is 21.4. The molecular formula is C27H28F3N5O2. The monoisotopic (exact) mass is 511 g/mol. The van der Waals surface area contributed by atoms with E-state index < -0.39 is 12.3 Å². The average Bonchev–Trinajstić information content (AvgIpc) is 3.46. The molecule has 1 saturated carbocycles. The number of amides is 1. The summed E-state index contributed by atoms with van der Waals surface area (Å²) in [5.74, 6) is 0.352. The van der Waals surface area contributed by atoms with Gasteiger partial charge < -0.3 is 15.4 Å². The van der Waals surface area contributed by atoms with E-state index in [9.17, 15) is 18.0 Å². The molecule has 2 aromatic heterocycles. The van der Waals surface area contributed by atoms with Crippen LogP contribution in [-0.4, -0.2) is 44.7 Å². The molecule has 2 N–H and O–H groups in total. The Morgan fingerprint density at radius 3 is 2.59 bits per heavy atom. The Balaban J connectivity index is 1.23. The second-order valence-electron chi connectivity index (χ2n) is 9.94. The van der Waals surface area contributed by atoms with E-state index in [1.807, 2.05) is 17.9 Å². The van der Waals surface area contributed by atoms with Crippen molar-refractivity contribution in [1.29, 1.82) is 0 Å². The van der Waals surface area contributed by atoms with E-state index in [0.29, 0.717) is 23.8 Å². The number of benzene rings is 1. The fourth-order valence-electron chi connectivity index (χ4n) is 5.46. The number of piperidine rings is 1. The molecule has 7 nitrogen and oxygen atoms in total. The second-order valence-corrected chi connectivity index (χ2v) is 9.94. The van der Waals surface area contributed by atoms with Crippen LogP contribution < -0.4 is 10.5 Å². The molecule has 1 aliphatic carbocycles. The van der Waals surface area contributed by atoms with Crippen LogP contribution in [0.15, 0.2) is 48.8 Å². The van der Waals surface area contributed by atoms with Crippen LogP contribution in [0.4, 0.5) is 19.0 Å². The Labute approximate surface area is 212 Å². The van der Waals surface area contributed by atoms with Crippen LogP contribution >= 0.6 is 0 Å². The fourth-order valence-corrected chi connectivity index (χ4v) is 5.46. The Morgan fingerprint density at radius 1 is 1.24 bits per heavy atom. The highest BCUT2D eigenvalue weighted by Crippen LogP contribution is 2.60. The number of rotatable bonds is 7. The van der Waals surface area contributed by atoms with Crippen LogP contribution in [0.2, 0.25) is 0 Å². The van der Waals surface area contributed by atoms with Crippen LogP contribution in [0.1, 0.15) is 48.9 Å². The number of aromatic nitrogens is 3. The molecule has 194 valence electrons. The summed E-state index contributed by atoms with van der Waals surface area (Å²) in [7, 11) is 0. The Hall–Kier alpha value is -3.69. The summed E-state index contributed by atoms with van der Waals surface area (Å²) >= 11 is 0. The molecule has 2 aliphatic rings. The van der Waals surface area contributed by atoms with E-state index in [2.05, 4.69) is 19.7 Å². The number of carbonyl (C=O) groups is 1. The number of nitrogens with zero attached hydrogens (tertiary/aromatic N) is 4. The zero-order valence-corrected chi connectivity index (χ0v) is 20.6. The van der Waals surface area contributed by atoms with Crippen molar-refractivity contribution in [2.75, 3.05) is 12.3 Å². The molecule has 1 amide bonds. The fraction of sp³-hybridized carbons (Fsp3) is 0.407. The molecule has 1 unspecified atom stereocenters. The van der Waals surface area contributed by atoms with Gasteiger partial charge in [-0.15, -0.1) is 13.2 Å². The number of pyridine rings is 1. The van der Waals surface area contributed by atoms with Gasteiger partial charge in [0.05, 0.1) is 11.6 Å².